The largest absolute Gasteiger partial charge is 0.465 e. The minimum atomic E-state index is -0.458. The minimum Gasteiger partial charge on any atom is -0.465 e. The Bertz CT molecular complexity index is 195. The molecule has 0 rings (SSSR count). The highest BCUT2D eigenvalue weighted by Crippen LogP contribution is 2.08. The van der Waals surface area contributed by atoms with Gasteiger partial charge < -0.3 is 10.5 Å². The molecule has 3 nitrogen and oxygen atoms in total. The zero-order valence-electron chi connectivity index (χ0n) is 11.7. The Morgan fingerprint density at radius 3 is 2.29 bits per heavy atom. The zero-order chi connectivity index (χ0) is 13.1. The Balaban J connectivity index is 3.45. The Kier molecular flexibility index (Phi) is 10.2. The summed E-state index contributed by atoms with van der Waals surface area (Å²) >= 11 is 0. The van der Waals surface area contributed by atoms with E-state index in [9.17, 15) is 4.79 Å². The van der Waals surface area contributed by atoms with E-state index in [0.29, 0.717) is 6.61 Å². The summed E-state index contributed by atoms with van der Waals surface area (Å²) in [5.74, 6) is -0.0417. The molecule has 0 aromatic heterocycles. The number of rotatable bonds is 10. The fourth-order valence-corrected chi connectivity index (χ4v) is 1.64. The molecule has 0 amide bonds. The standard InChI is InChI=1S/C14H29NO2/c1-4-6-7-8-9-10-11-17-14(16)13(15)12(3)5-2/h12-13H,4-11,15H2,1-3H3. The summed E-state index contributed by atoms with van der Waals surface area (Å²) in [6, 6.07) is -0.458. The Morgan fingerprint density at radius 2 is 1.71 bits per heavy atom. The van der Waals surface area contributed by atoms with Gasteiger partial charge in [0, 0.05) is 0 Å². The van der Waals surface area contributed by atoms with Gasteiger partial charge in [-0.15, -0.1) is 0 Å². The first kappa shape index (κ1) is 16.4. The first-order valence-corrected chi connectivity index (χ1v) is 7.05. The third kappa shape index (κ3) is 8.19. The molecule has 102 valence electrons. The van der Waals surface area contributed by atoms with Crippen LogP contribution in [-0.2, 0) is 9.53 Å². The van der Waals surface area contributed by atoms with Gasteiger partial charge in [0.2, 0.25) is 0 Å². The summed E-state index contributed by atoms with van der Waals surface area (Å²) < 4.78 is 5.17. The molecule has 0 heterocycles. The molecule has 17 heavy (non-hydrogen) atoms. The second-order valence-electron chi connectivity index (χ2n) is 4.85. The molecule has 0 saturated heterocycles. The molecule has 0 aliphatic rings. The highest BCUT2D eigenvalue weighted by molar-refractivity contribution is 5.75. The highest BCUT2D eigenvalue weighted by Gasteiger charge is 2.20. The van der Waals surface area contributed by atoms with Crippen molar-refractivity contribution in [1.82, 2.24) is 0 Å². The van der Waals surface area contributed by atoms with Crippen molar-refractivity contribution in [2.45, 2.75) is 71.8 Å². The Morgan fingerprint density at radius 1 is 1.12 bits per heavy atom. The van der Waals surface area contributed by atoms with Crippen molar-refractivity contribution in [1.29, 1.82) is 0 Å². The first-order valence-electron chi connectivity index (χ1n) is 7.05. The van der Waals surface area contributed by atoms with Crippen LogP contribution in [-0.4, -0.2) is 18.6 Å². The summed E-state index contributed by atoms with van der Waals surface area (Å²) in [5.41, 5.74) is 5.78. The van der Waals surface area contributed by atoms with Gasteiger partial charge in [0.1, 0.15) is 6.04 Å². The molecule has 0 aromatic rings. The van der Waals surface area contributed by atoms with Gasteiger partial charge in [-0.25, -0.2) is 0 Å². The van der Waals surface area contributed by atoms with E-state index in [4.69, 9.17) is 10.5 Å². The van der Waals surface area contributed by atoms with Crippen LogP contribution in [0.15, 0.2) is 0 Å². The second kappa shape index (κ2) is 10.6. The molecule has 2 atom stereocenters. The lowest BCUT2D eigenvalue weighted by Crippen LogP contribution is -2.38. The number of hydrogen-bond acceptors (Lipinski definition) is 3. The summed E-state index contributed by atoms with van der Waals surface area (Å²) in [6.45, 7) is 6.75. The van der Waals surface area contributed by atoms with E-state index in [1.165, 1.54) is 25.7 Å². The molecule has 0 aromatic carbocycles. The van der Waals surface area contributed by atoms with E-state index in [-0.39, 0.29) is 11.9 Å². The lowest BCUT2D eigenvalue weighted by atomic mass is 10.0. The fraction of sp³-hybridized carbons (Fsp3) is 0.929. The van der Waals surface area contributed by atoms with Crippen LogP contribution in [0.1, 0.15) is 65.7 Å². The number of carbonyl (C=O) groups is 1. The maximum Gasteiger partial charge on any atom is 0.323 e. The van der Waals surface area contributed by atoms with Gasteiger partial charge in [-0.05, 0) is 12.3 Å². The van der Waals surface area contributed by atoms with E-state index in [2.05, 4.69) is 6.92 Å². The number of hydrogen-bond donors (Lipinski definition) is 1. The van der Waals surface area contributed by atoms with Gasteiger partial charge in [0.25, 0.3) is 0 Å². The summed E-state index contributed by atoms with van der Waals surface area (Å²) in [4.78, 5) is 11.5. The van der Waals surface area contributed by atoms with E-state index < -0.39 is 6.04 Å². The van der Waals surface area contributed by atoms with Crippen molar-refractivity contribution < 1.29 is 9.53 Å². The number of carbonyl (C=O) groups excluding carboxylic acids is 1. The van der Waals surface area contributed by atoms with E-state index in [1.807, 2.05) is 13.8 Å². The average Bonchev–Trinajstić information content (AvgIpc) is 2.35. The van der Waals surface area contributed by atoms with Crippen molar-refractivity contribution in [2.24, 2.45) is 11.7 Å². The third-order valence-electron chi connectivity index (χ3n) is 3.27. The van der Waals surface area contributed by atoms with Crippen LogP contribution in [0.4, 0.5) is 0 Å². The molecule has 0 radical (unpaired) electrons. The van der Waals surface area contributed by atoms with Gasteiger partial charge >= 0.3 is 5.97 Å². The van der Waals surface area contributed by atoms with Crippen molar-refractivity contribution in [3.8, 4) is 0 Å². The second-order valence-corrected chi connectivity index (χ2v) is 4.85. The average molecular weight is 243 g/mol. The maximum atomic E-state index is 11.5. The van der Waals surface area contributed by atoms with Crippen LogP contribution in [0.5, 0.6) is 0 Å². The SMILES string of the molecule is CCCCCCCCOC(=O)C(N)C(C)CC. The molecule has 2 unspecified atom stereocenters. The van der Waals surface area contributed by atoms with Crippen molar-refractivity contribution >= 4 is 5.97 Å². The molecule has 0 fully saturated rings. The summed E-state index contributed by atoms with van der Waals surface area (Å²) in [7, 11) is 0. The molecule has 2 N–H and O–H groups in total. The molecular formula is C14H29NO2. The predicted molar refractivity (Wildman–Crippen MR) is 71.8 cm³/mol. The number of ether oxygens (including phenoxy) is 1. The van der Waals surface area contributed by atoms with Gasteiger partial charge in [-0.1, -0.05) is 59.3 Å². The molecule has 0 spiro atoms. The van der Waals surface area contributed by atoms with Crippen LogP contribution in [0.2, 0.25) is 0 Å². The van der Waals surface area contributed by atoms with Crippen LogP contribution in [0.3, 0.4) is 0 Å². The van der Waals surface area contributed by atoms with Crippen molar-refractivity contribution in [3.05, 3.63) is 0 Å². The van der Waals surface area contributed by atoms with Gasteiger partial charge in [-0.3, -0.25) is 4.79 Å². The normalized spacial score (nSPS) is 14.4. The van der Waals surface area contributed by atoms with Gasteiger partial charge in [0.05, 0.1) is 6.61 Å². The van der Waals surface area contributed by atoms with Gasteiger partial charge in [0.15, 0.2) is 0 Å². The van der Waals surface area contributed by atoms with Crippen LogP contribution in [0, 0.1) is 5.92 Å². The highest BCUT2D eigenvalue weighted by atomic mass is 16.5. The topological polar surface area (TPSA) is 52.3 Å². The zero-order valence-corrected chi connectivity index (χ0v) is 11.7. The van der Waals surface area contributed by atoms with Crippen LogP contribution in [0.25, 0.3) is 0 Å². The molecular weight excluding hydrogens is 214 g/mol. The van der Waals surface area contributed by atoms with Crippen LogP contribution >= 0.6 is 0 Å². The predicted octanol–water partition coefficient (Wildman–Crippen LogP) is 3.26. The molecule has 3 heteroatoms. The fourth-order valence-electron chi connectivity index (χ4n) is 1.64. The molecule has 0 saturated carbocycles. The number of unbranched alkanes of at least 4 members (excludes halogenated alkanes) is 5. The summed E-state index contributed by atoms with van der Waals surface area (Å²) in [6.07, 6.45) is 8.11. The quantitative estimate of drug-likeness (QED) is 0.473. The van der Waals surface area contributed by atoms with E-state index in [1.54, 1.807) is 0 Å². The maximum absolute atomic E-state index is 11.5. The van der Waals surface area contributed by atoms with Crippen LogP contribution < -0.4 is 5.73 Å². The lowest BCUT2D eigenvalue weighted by Gasteiger charge is -2.16. The summed E-state index contributed by atoms with van der Waals surface area (Å²) in [5, 5.41) is 0. The Hall–Kier alpha value is -0.570. The number of esters is 1. The minimum absolute atomic E-state index is 0.201. The molecule has 0 aliphatic heterocycles. The number of nitrogens with two attached hydrogens (primary N) is 1. The molecule has 0 aliphatic carbocycles. The Labute approximate surface area is 106 Å². The monoisotopic (exact) mass is 243 g/mol. The van der Waals surface area contributed by atoms with Crippen molar-refractivity contribution in [3.63, 3.8) is 0 Å². The lowest BCUT2D eigenvalue weighted by molar-refractivity contribution is -0.146. The van der Waals surface area contributed by atoms with E-state index >= 15 is 0 Å². The molecule has 0 bridgehead atoms. The first-order chi connectivity index (χ1) is 8.13. The smallest absolute Gasteiger partial charge is 0.323 e. The van der Waals surface area contributed by atoms with Crippen molar-refractivity contribution in [2.75, 3.05) is 6.61 Å². The third-order valence-corrected chi connectivity index (χ3v) is 3.27. The van der Waals surface area contributed by atoms with Gasteiger partial charge in [-0.2, -0.15) is 0 Å². The van der Waals surface area contributed by atoms with E-state index in [0.717, 1.165) is 19.3 Å².